The lowest BCUT2D eigenvalue weighted by molar-refractivity contribution is 0.0526. The van der Waals surface area contributed by atoms with Crippen LogP contribution in [0.5, 0.6) is 0 Å². The topological polar surface area (TPSA) is 94.6 Å². The average Bonchev–Trinajstić information content (AvgIpc) is 2.55. The van der Waals surface area contributed by atoms with E-state index in [1.807, 2.05) is 0 Å². The number of esters is 1. The molecule has 0 unspecified atom stereocenters. The first kappa shape index (κ1) is 16.7. The van der Waals surface area contributed by atoms with E-state index < -0.39 is 25.6 Å². The molecule has 22 heavy (non-hydrogen) atoms. The van der Waals surface area contributed by atoms with Crippen LogP contribution in [0.3, 0.4) is 0 Å². The number of ether oxygens (including phenoxy) is 1. The van der Waals surface area contributed by atoms with Crippen LogP contribution < -0.4 is 0 Å². The molecular weight excluding hydrogens is 328 g/mol. The molecule has 0 fully saturated rings. The molecule has 1 aliphatic heterocycles. The Morgan fingerprint density at radius 2 is 1.91 bits per heavy atom. The number of benzene rings is 1. The van der Waals surface area contributed by atoms with Crippen molar-refractivity contribution in [3.05, 3.63) is 40.8 Å². The zero-order valence-electron chi connectivity index (χ0n) is 12.0. The first-order valence-corrected chi connectivity index (χ1v) is 10.1. The molecule has 0 saturated carbocycles. The van der Waals surface area contributed by atoms with Crippen molar-refractivity contribution >= 4 is 30.5 Å². The van der Waals surface area contributed by atoms with Crippen LogP contribution in [0.4, 0.5) is 0 Å². The molecule has 1 aromatic carbocycles. The summed E-state index contributed by atoms with van der Waals surface area (Å²) in [5.41, 5.74) is 0.355. The van der Waals surface area contributed by atoms with Gasteiger partial charge < -0.3 is 4.74 Å². The Labute approximate surface area is 129 Å². The van der Waals surface area contributed by atoms with E-state index in [1.54, 1.807) is 6.92 Å². The summed E-state index contributed by atoms with van der Waals surface area (Å²) in [6.07, 6.45) is 0.0578. The molecule has 1 aromatic rings. The van der Waals surface area contributed by atoms with Crippen molar-refractivity contribution in [3.8, 4) is 0 Å². The van der Waals surface area contributed by atoms with Gasteiger partial charge in [-0.25, -0.2) is 21.6 Å². The van der Waals surface area contributed by atoms with Crippen LogP contribution in [0.25, 0.3) is 4.91 Å². The van der Waals surface area contributed by atoms with Crippen molar-refractivity contribution in [3.63, 3.8) is 0 Å². The highest BCUT2D eigenvalue weighted by Crippen LogP contribution is 2.27. The minimum Gasteiger partial charge on any atom is -0.462 e. The third-order valence-electron chi connectivity index (χ3n) is 3.12. The normalized spacial score (nSPS) is 19.8. The van der Waals surface area contributed by atoms with E-state index in [0.717, 1.165) is 5.41 Å². The van der Waals surface area contributed by atoms with Gasteiger partial charge in [0.15, 0.2) is 19.7 Å². The summed E-state index contributed by atoms with van der Waals surface area (Å²) in [7, 11) is -7.30. The summed E-state index contributed by atoms with van der Waals surface area (Å²) in [6, 6.07) is 5.78. The molecule has 2 rings (SSSR count). The molecule has 1 heterocycles. The van der Waals surface area contributed by atoms with E-state index in [4.69, 9.17) is 4.74 Å². The molecule has 0 aromatic heterocycles. The van der Waals surface area contributed by atoms with E-state index in [9.17, 15) is 21.6 Å². The summed E-state index contributed by atoms with van der Waals surface area (Å²) in [5, 5.41) is 0.791. The lowest BCUT2D eigenvalue weighted by atomic mass is 10.1. The molecule has 120 valence electrons. The lowest BCUT2D eigenvalue weighted by Gasteiger charge is -2.08. The quantitative estimate of drug-likeness (QED) is 0.769. The zero-order valence-corrected chi connectivity index (χ0v) is 13.6. The molecule has 0 amide bonds. The summed E-state index contributed by atoms with van der Waals surface area (Å²) >= 11 is 0. The Bertz CT molecular complexity index is 819. The van der Waals surface area contributed by atoms with Crippen LogP contribution >= 0.6 is 0 Å². The van der Waals surface area contributed by atoms with Gasteiger partial charge in [-0.1, -0.05) is 12.1 Å². The number of carbonyl (C=O) groups is 1. The first-order chi connectivity index (χ1) is 10.2. The SMILES string of the molecule is CCOC(=O)c1cccc(C2=CS(=O)(=O)CCCS2(=O)=O)c1. The molecule has 0 N–H and O–H groups in total. The van der Waals surface area contributed by atoms with Gasteiger partial charge in [-0.3, -0.25) is 0 Å². The highest BCUT2D eigenvalue weighted by Gasteiger charge is 2.27. The Morgan fingerprint density at radius 1 is 1.18 bits per heavy atom. The Balaban J connectivity index is 2.55. The molecule has 0 radical (unpaired) electrons. The number of rotatable bonds is 3. The van der Waals surface area contributed by atoms with Crippen LogP contribution in [0.15, 0.2) is 29.7 Å². The predicted molar refractivity (Wildman–Crippen MR) is 82.6 cm³/mol. The van der Waals surface area contributed by atoms with Gasteiger partial charge in [-0.05, 0) is 31.0 Å². The standard InChI is InChI=1S/C14H16O6S2/c1-2-20-14(15)12-6-3-5-11(9-12)13-10-21(16,17)7-4-8-22(13,18)19/h3,5-6,9-10H,2,4,7-8H2,1H3. The molecule has 6 nitrogen and oxygen atoms in total. The fourth-order valence-electron chi connectivity index (χ4n) is 2.12. The van der Waals surface area contributed by atoms with E-state index in [0.29, 0.717) is 0 Å². The van der Waals surface area contributed by atoms with Crippen LogP contribution in [-0.2, 0) is 24.4 Å². The van der Waals surface area contributed by atoms with Gasteiger partial charge in [-0.2, -0.15) is 0 Å². The molecule has 0 spiro atoms. The second kappa shape index (κ2) is 6.21. The number of hydrogen-bond acceptors (Lipinski definition) is 6. The maximum Gasteiger partial charge on any atom is 0.338 e. The van der Waals surface area contributed by atoms with Gasteiger partial charge in [0.05, 0.1) is 28.6 Å². The summed E-state index contributed by atoms with van der Waals surface area (Å²) in [6.45, 7) is 1.85. The lowest BCUT2D eigenvalue weighted by Crippen LogP contribution is -2.09. The average molecular weight is 344 g/mol. The molecule has 0 atom stereocenters. The van der Waals surface area contributed by atoms with Crippen molar-refractivity contribution in [2.45, 2.75) is 13.3 Å². The second-order valence-electron chi connectivity index (χ2n) is 4.82. The van der Waals surface area contributed by atoms with Crippen molar-refractivity contribution in [2.75, 3.05) is 18.1 Å². The van der Waals surface area contributed by atoms with Crippen molar-refractivity contribution in [1.82, 2.24) is 0 Å². The maximum atomic E-state index is 12.2. The minimum atomic E-state index is -3.71. The van der Waals surface area contributed by atoms with Gasteiger partial charge >= 0.3 is 5.97 Å². The molecule has 0 bridgehead atoms. The monoisotopic (exact) mass is 344 g/mol. The Kier molecular flexibility index (Phi) is 4.72. The summed E-state index contributed by atoms with van der Waals surface area (Å²) in [5.74, 6) is -1.02. The number of carbonyl (C=O) groups excluding carboxylic acids is 1. The Hall–Kier alpha value is -1.67. The van der Waals surface area contributed by atoms with Gasteiger partial charge in [0.2, 0.25) is 0 Å². The van der Waals surface area contributed by atoms with Gasteiger partial charge in [0.25, 0.3) is 0 Å². The minimum absolute atomic E-state index is 0.0578. The fraction of sp³-hybridized carbons (Fsp3) is 0.357. The van der Waals surface area contributed by atoms with Crippen LogP contribution in [0.2, 0.25) is 0 Å². The smallest absolute Gasteiger partial charge is 0.338 e. The molecule has 0 saturated heterocycles. The van der Waals surface area contributed by atoms with E-state index >= 15 is 0 Å². The second-order valence-corrected chi connectivity index (χ2v) is 8.87. The fourth-order valence-corrected chi connectivity index (χ4v) is 5.68. The van der Waals surface area contributed by atoms with E-state index in [1.165, 1.54) is 24.3 Å². The summed E-state index contributed by atoms with van der Waals surface area (Å²) in [4.78, 5) is 11.5. The molecular formula is C14H16O6S2. The van der Waals surface area contributed by atoms with E-state index in [-0.39, 0.29) is 40.6 Å². The molecule has 1 aliphatic rings. The van der Waals surface area contributed by atoms with Crippen LogP contribution in [0.1, 0.15) is 29.3 Å². The third kappa shape index (κ3) is 3.75. The van der Waals surface area contributed by atoms with Crippen molar-refractivity contribution < 1.29 is 26.4 Å². The van der Waals surface area contributed by atoms with Gasteiger partial charge in [0.1, 0.15) is 0 Å². The predicted octanol–water partition coefficient (Wildman–Crippen LogP) is 1.40. The summed E-state index contributed by atoms with van der Waals surface area (Å²) < 4.78 is 53.0. The highest BCUT2D eigenvalue weighted by atomic mass is 32.2. The van der Waals surface area contributed by atoms with E-state index in [2.05, 4.69) is 0 Å². The van der Waals surface area contributed by atoms with Gasteiger partial charge in [-0.15, -0.1) is 0 Å². The molecule has 8 heteroatoms. The third-order valence-corrected chi connectivity index (χ3v) is 6.57. The largest absolute Gasteiger partial charge is 0.462 e. The number of sulfone groups is 2. The van der Waals surface area contributed by atoms with Crippen LogP contribution in [-0.4, -0.2) is 40.9 Å². The molecule has 0 aliphatic carbocycles. The van der Waals surface area contributed by atoms with Crippen molar-refractivity contribution in [2.24, 2.45) is 0 Å². The maximum absolute atomic E-state index is 12.2. The number of hydrogen-bond donors (Lipinski definition) is 0. The van der Waals surface area contributed by atoms with Gasteiger partial charge in [0, 0.05) is 5.41 Å². The van der Waals surface area contributed by atoms with Crippen molar-refractivity contribution in [1.29, 1.82) is 0 Å². The Morgan fingerprint density at radius 3 is 2.59 bits per heavy atom. The van der Waals surface area contributed by atoms with Crippen LogP contribution in [0, 0.1) is 0 Å². The highest BCUT2D eigenvalue weighted by molar-refractivity contribution is 8.03. The zero-order chi connectivity index (χ0) is 16.4. The first-order valence-electron chi connectivity index (χ1n) is 6.70.